The second kappa shape index (κ2) is 7.48. The van der Waals surface area contributed by atoms with Crippen molar-refractivity contribution < 1.29 is 9.13 Å². The molecule has 3 rings (SSSR count). The average molecular weight is 392 g/mol. The van der Waals surface area contributed by atoms with E-state index in [1.54, 1.807) is 19.2 Å². The molecule has 1 aromatic heterocycles. The molecule has 2 N–H and O–H groups in total. The molecule has 0 saturated carbocycles. The Kier molecular flexibility index (Phi) is 5.30. The third-order valence-electron chi connectivity index (χ3n) is 4.10. The van der Waals surface area contributed by atoms with Gasteiger partial charge in [0.25, 0.3) is 0 Å². The Labute approximate surface area is 160 Å². The van der Waals surface area contributed by atoms with E-state index in [0.29, 0.717) is 22.0 Å². The van der Waals surface area contributed by atoms with Gasteiger partial charge in [0.05, 0.1) is 17.8 Å². The summed E-state index contributed by atoms with van der Waals surface area (Å²) < 4.78 is 19.5. The first-order valence-corrected chi connectivity index (χ1v) is 8.54. The summed E-state index contributed by atoms with van der Waals surface area (Å²) in [5.41, 5.74) is 9.40. The van der Waals surface area contributed by atoms with Gasteiger partial charge in [0, 0.05) is 39.5 Å². The van der Waals surface area contributed by atoms with Gasteiger partial charge in [-0.25, -0.2) is 14.4 Å². The van der Waals surface area contributed by atoms with Crippen LogP contribution in [0.15, 0.2) is 36.7 Å². The van der Waals surface area contributed by atoms with Crippen molar-refractivity contribution in [2.45, 2.75) is 13.3 Å². The fourth-order valence-corrected chi connectivity index (χ4v) is 3.29. The topological polar surface area (TPSA) is 61.0 Å². The number of nitrogens with zero attached hydrogens (tertiary/aromatic N) is 2. The van der Waals surface area contributed by atoms with E-state index in [4.69, 9.17) is 33.7 Å². The Morgan fingerprint density at radius 1 is 1.15 bits per heavy atom. The number of rotatable bonds is 4. The number of benzene rings is 2. The third-order valence-corrected chi connectivity index (χ3v) is 4.63. The van der Waals surface area contributed by atoms with Gasteiger partial charge in [-0.05, 0) is 37.3 Å². The zero-order valence-electron chi connectivity index (χ0n) is 14.2. The highest BCUT2D eigenvalue weighted by Gasteiger charge is 2.18. The molecule has 0 bridgehead atoms. The molecule has 0 atom stereocenters. The molecule has 2 aromatic carbocycles. The first-order chi connectivity index (χ1) is 12.4. The van der Waals surface area contributed by atoms with Crippen LogP contribution in [0.2, 0.25) is 10.0 Å². The Bertz CT molecular complexity index is 956. The molecular weight excluding hydrogens is 376 g/mol. The van der Waals surface area contributed by atoms with Gasteiger partial charge >= 0.3 is 0 Å². The minimum atomic E-state index is -0.474. The van der Waals surface area contributed by atoms with E-state index in [-0.39, 0.29) is 17.1 Å². The molecule has 0 saturated heterocycles. The Morgan fingerprint density at radius 3 is 2.58 bits per heavy atom. The van der Waals surface area contributed by atoms with Gasteiger partial charge in [-0.2, -0.15) is 0 Å². The lowest BCUT2D eigenvalue weighted by molar-refractivity contribution is 0.415. The third kappa shape index (κ3) is 3.59. The van der Waals surface area contributed by atoms with E-state index in [9.17, 15) is 4.39 Å². The zero-order chi connectivity index (χ0) is 18.8. The fourth-order valence-electron chi connectivity index (χ4n) is 2.81. The molecule has 26 heavy (non-hydrogen) atoms. The van der Waals surface area contributed by atoms with Crippen LogP contribution in [0.5, 0.6) is 5.75 Å². The number of aromatic nitrogens is 2. The van der Waals surface area contributed by atoms with Crippen LogP contribution in [-0.2, 0) is 6.42 Å². The van der Waals surface area contributed by atoms with Gasteiger partial charge in [-0.15, -0.1) is 0 Å². The van der Waals surface area contributed by atoms with Crippen LogP contribution in [0.25, 0.3) is 11.1 Å². The molecule has 0 fully saturated rings. The number of aryl methyl sites for hydroxylation is 1. The summed E-state index contributed by atoms with van der Waals surface area (Å²) in [5.74, 6) is 0.167. The standard InChI is InChI=1S/C19H16Cl2FN3O/c1-10-19(13-4-3-12(26-2)7-15(13)21)18(25-9-24-10)8-14-16(22)5-11(20)6-17(14)23/h3-7,9H,8,23H2,1-2H3. The molecular formula is C19H16Cl2FN3O. The number of anilines is 1. The Morgan fingerprint density at radius 2 is 1.92 bits per heavy atom. The molecule has 0 aliphatic heterocycles. The highest BCUT2D eigenvalue weighted by Crippen LogP contribution is 2.35. The molecule has 134 valence electrons. The van der Waals surface area contributed by atoms with Crippen LogP contribution in [0.1, 0.15) is 17.0 Å². The van der Waals surface area contributed by atoms with Crippen LogP contribution in [0, 0.1) is 12.7 Å². The van der Waals surface area contributed by atoms with E-state index in [2.05, 4.69) is 9.97 Å². The minimum absolute atomic E-state index is 0.190. The van der Waals surface area contributed by atoms with Crippen molar-refractivity contribution in [1.29, 1.82) is 0 Å². The molecule has 0 unspecified atom stereocenters. The predicted octanol–water partition coefficient (Wildman–Crippen LogP) is 5.08. The first-order valence-electron chi connectivity index (χ1n) is 7.78. The van der Waals surface area contributed by atoms with E-state index in [1.165, 1.54) is 18.5 Å². The van der Waals surface area contributed by atoms with Gasteiger partial charge < -0.3 is 10.5 Å². The van der Waals surface area contributed by atoms with Crippen molar-refractivity contribution in [3.63, 3.8) is 0 Å². The lowest BCUT2D eigenvalue weighted by Crippen LogP contribution is -2.05. The minimum Gasteiger partial charge on any atom is -0.497 e. The normalized spacial score (nSPS) is 10.8. The van der Waals surface area contributed by atoms with Crippen molar-refractivity contribution in [2.24, 2.45) is 0 Å². The van der Waals surface area contributed by atoms with Gasteiger partial charge in [0.1, 0.15) is 17.9 Å². The molecule has 0 spiro atoms. The molecule has 0 aliphatic carbocycles. The van der Waals surface area contributed by atoms with Crippen LogP contribution in [-0.4, -0.2) is 17.1 Å². The molecule has 3 aromatic rings. The quantitative estimate of drug-likeness (QED) is 0.629. The fraction of sp³-hybridized carbons (Fsp3) is 0.158. The predicted molar refractivity (Wildman–Crippen MR) is 102 cm³/mol. The maximum atomic E-state index is 14.4. The smallest absolute Gasteiger partial charge is 0.130 e. The summed E-state index contributed by atoms with van der Waals surface area (Å²) in [6.07, 6.45) is 1.63. The summed E-state index contributed by atoms with van der Waals surface area (Å²) >= 11 is 12.3. The van der Waals surface area contributed by atoms with Gasteiger partial charge in [0.2, 0.25) is 0 Å². The zero-order valence-corrected chi connectivity index (χ0v) is 15.7. The van der Waals surface area contributed by atoms with E-state index >= 15 is 0 Å². The van der Waals surface area contributed by atoms with E-state index in [1.807, 2.05) is 13.0 Å². The second-order valence-electron chi connectivity index (χ2n) is 5.76. The average Bonchev–Trinajstić information content (AvgIpc) is 2.58. The number of halogens is 3. The summed E-state index contributed by atoms with van der Waals surface area (Å²) in [5, 5.41) is 0.745. The first kappa shape index (κ1) is 18.4. The molecule has 7 heteroatoms. The van der Waals surface area contributed by atoms with E-state index < -0.39 is 5.82 Å². The highest BCUT2D eigenvalue weighted by atomic mass is 35.5. The van der Waals surface area contributed by atoms with Crippen molar-refractivity contribution in [1.82, 2.24) is 9.97 Å². The molecule has 0 radical (unpaired) electrons. The van der Waals surface area contributed by atoms with Crippen molar-refractivity contribution in [3.8, 4) is 16.9 Å². The molecule has 4 nitrogen and oxygen atoms in total. The molecule has 0 amide bonds. The number of methoxy groups -OCH3 is 1. The number of hydrogen-bond donors (Lipinski definition) is 1. The largest absolute Gasteiger partial charge is 0.497 e. The summed E-state index contributed by atoms with van der Waals surface area (Å²) in [6.45, 7) is 1.85. The van der Waals surface area contributed by atoms with Crippen molar-refractivity contribution in [2.75, 3.05) is 12.8 Å². The lowest BCUT2D eigenvalue weighted by atomic mass is 9.97. The Balaban J connectivity index is 2.13. The SMILES string of the molecule is COc1ccc(-c2c(C)ncnc2Cc2c(N)cc(Cl)cc2F)c(Cl)c1. The van der Waals surface area contributed by atoms with E-state index in [0.717, 1.165) is 16.8 Å². The van der Waals surface area contributed by atoms with Gasteiger partial charge in [0.15, 0.2) is 0 Å². The van der Waals surface area contributed by atoms with Crippen molar-refractivity contribution in [3.05, 3.63) is 69.5 Å². The summed E-state index contributed by atoms with van der Waals surface area (Å²) in [4.78, 5) is 8.60. The molecule has 1 heterocycles. The Hall–Kier alpha value is -2.37. The van der Waals surface area contributed by atoms with Gasteiger partial charge in [-0.1, -0.05) is 23.2 Å². The van der Waals surface area contributed by atoms with Crippen LogP contribution in [0.4, 0.5) is 10.1 Å². The monoisotopic (exact) mass is 391 g/mol. The van der Waals surface area contributed by atoms with Crippen LogP contribution < -0.4 is 10.5 Å². The summed E-state index contributed by atoms with van der Waals surface area (Å²) in [6, 6.07) is 8.10. The maximum absolute atomic E-state index is 14.4. The second-order valence-corrected chi connectivity index (χ2v) is 6.60. The van der Waals surface area contributed by atoms with Gasteiger partial charge in [-0.3, -0.25) is 0 Å². The number of nitrogen functional groups attached to an aromatic ring is 1. The number of ether oxygens (including phenoxy) is 1. The maximum Gasteiger partial charge on any atom is 0.130 e. The summed E-state index contributed by atoms with van der Waals surface area (Å²) in [7, 11) is 1.57. The van der Waals surface area contributed by atoms with Crippen LogP contribution in [0.3, 0.4) is 0 Å². The van der Waals surface area contributed by atoms with Crippen molar-refractivity contribution >= 4 is 28.9 Å². The highest BCUT2D eigenvalue weighted by molar-refractivity contribution is 6.33. The van der Waals surface area contributed by atoms with Crippen LogP contribution >= 0.6 is 23.2 Å². The number of hydrogen-bond acceptors (Lipinski definition) is 4. The lowest BCUT2D eigenvalue weighted by Gasteiger charge is -2.15. The molecule has 0 aliphatic rings. The number of nitrogens with two attached hydrogens (primary N) is 1.